The normalized spacial score (nSPS) is 12.2. The van der Waals surface area contributed by atoms with Crippen molar-refractivity contribution in [2.75, 3.05) is 17.7 Å². The number of methoxy groups -OCH3 is 1. The molecule has 238 valence electrons. The monoisotopic (exact) mass is 667 g/mol. The summed E-state index contributed by atoms with van der Waals surface area (Å²) < 4.78 is 45.0. The van der Waals surface area contributed by atoms with E-state index in [4.69, 9.17) is 16.3 Å². The van der Waals surface area contributed by atoms with Crippen LogP contribution in [-0.2, 0) is 15.8 Å². The van der Waals surface area contributed by atoms with E-state index in [-0.39, 0.29) is 16.4 Å². The molecule has 0 aliphatic heterocycles. The quantitative estimate of drug-likeness (QED) is 0.111. The maximum atomic E-state index is 13.5. The predicted molar refractivity (Wildman–Crippen MR) is 175 cm³/mol. The van der Waals surface area contributed by atoms with Crippen molar-refractivity contribution in [1.82, 2.24) is 5.32 Å². The van der Waals surface area contributed by atoms with Crippen molar-refractivity contribution < 1.29 is 32.3 Å². The average molecular weight is 668 g/mol. The summed E-state index contributed by atoms with van der Waals surface area (Å²) in [5.74, 6) is -1.13. The average Bonchev–Trinajstić information content (AvgIpc) is 3.04. The fraction of sp³-hybridized carbons (Fsp3) is 0.147. The molecule has 0 bridgehead atoms. The van der Waals surface area contributed by atoms with Crippen molar-refractivity contribution in [1.29, 1.82) is 0 Å². The van der Waals surface area contributed by atoms with Crippen molar-refractivity contribution in [2.45, 2.75) is 29.7 Å². The summed E-state index contributed by atoms with van der Waals surface area (Å²) >= 11 is 7.23. The van der Waals surface area contributed by atoms with Gasteiger partial charge in [-0.15, -0.1) is 11.8 Å². The van der Waals surface area contributed by atoms with Crippen LogP contribution in [0.4, 0.5) is 24.5 Å². The van der Waals surface area contributed by atoms with E-state index in [1.807, 2.05) is 0 Å². The molecule has 0 fully saturated rings. The van der Waals surface area contributed by atoms with E-state index in [1.165, 1.54) is 24.9 Å². The second-order valence-corrected chi connectivity index (χ2v) is 11.5. The van der Waals surface area contributed by atoms with Crippen molar-refractivity contribution in [2.24, 2.45) is 0 Å². The highest BCUT2D eigenvalue weighted by Gasteiger charge is 2.31. The number of nitrogens with one attached hydrogen (secondary N) is 3. The van der Waals surface area contributed by atoms with Gasteiger partial charge in [-0.2, -0.15) is 13.2 Å². The Balaban J connectivity index is 1.52. The Labute approximate surface area is 273 Å². The maximum absolute atomic E-state index is 13.5. The summed E-state index contributed by atoms with van der Waals surface area (Å²) in [6, 6.07) is 24.9. The molecule has 1 atom stereocenters. The number of hydrogen-bond donors (Lipinski definition) is 3. The Kier molecular flexibility index (Phi) is 11.5. The molecule has 4 aromatic rings. The van der Waals surface area contributed by atoms with Crippen molar-refractivity contribution in [3.8, 4) is 5.75 Å². The first-order chi connectivity index (χ1) is 22.0. The van der Waals surface area contributed by atoms with Crippen LogP contribution in [-0.4, -0.2) is 30.1 Å². The number of anilines is 2. The van der Waals surface area contributed by atoms with Crippen LogP contribution in [0, 0.1) is 0 Å². The first kappa shape index (κ1) is 34.1. The third kappa shape index (κ3) is 9.15. The summed E-state index contributed by atoms with van der Waals surface area (Å²) in [7, 11) is 1.50. The second-order valence-electron chi connectivity index (χ2n) is 9.80. The smallest absolute Gasteiger partial charge is 0.416 e. The zero-order chi connectivity index (χ0) is 33.3. The van der Waals surface area contributed by atoms with Crippen molar-refractivity contribution >= 4 is 58.5 Å². The number of halogens is 4. The van der Waals surface area contributed by atoms with Crippen LogP contribution in [0.2, 0.25) is 5.02 Å². The van der Waals surface area contributed by atoms with Gasteiger partial charge in [-0.1, -0.05) is 61.0 Å². The van der Waals surface area contributed by atoms with Gasteiger partial charge in [-0.25, -0.2) is 0 Å². The summed E-state index contributed by atoms with van der Waals surface area (Å²) in [5, 5.41) is 7.25. The zero-order valence-electron chi connectivity index (χ0n) is 24.7. The van der Waals surface area contributed by atoms with Gasteiger partial charge in [0.05, 0.1) is 28.6 Å². The van der Waals surface area contributed by atoms with E-state index in [0.717, 1.165) is 18.2 Å². The lowest BCUT2D eigenvalue weighted by Crippen LogP contribution is -2.30. The number of benzene rings is 4. The van der Waals surface area contributed by atoms with Crippen LogP contribution in [0.1, 0.15) is 34.8 Å². The van der Waals surface area contributed by atoms with Crippen LogP contribution >= 0.6 is 23.4 Å². The summed E-state index contributed by atoms with van der Waals surface area (Å²) in [6.45, 7) is 1.76. The molecule has 0 heterocycles. The van der Waals surface area contributed by atoms with Gasteiger partial charge in [-0.05, 0) is 67.1 Å². The fourth-order valence-corrected chi connectivity index (χ4v) is 5.40. The zero-order valence-corrected chi connectivity index (χ0v) is 26.2. The number of alkyl halides is 3. The number of carbonyl (C=O) groups excluding carboxylic acids is 3. The molecule has 46 heavy (non-hydrogen) atoms. The third-order valence-electron chi connectivity index (χ3n) is 6.55. The van der Waals surface area contributed by atoms with Crippen LogP contribution < -0.4 is 20.7 Å². The number of carbonyl (C=O) groups is 3. The van der Waals surface area contributed by atoms with Gasteiger partial charge in [0.15, 0.2) is 0 Å². The molecule has 0 saturated carbocycles. The summed E-state index contributed by atoms with van der Waals surface area (Å²) in [6.07, 6.45) is -2.74. The molecule has 4 aromatic carbocycles. The highest BCUT2D eigenvalue weighted by atomic mass is 35.5. The minimum atomic E-state index is -4.60. The molecular formula is C34H29ClF3N3O4S. The minimum Gasteiger partial charge on any atom is -0.496 e. The van der Waals surface area contributed by atoms with Gasteiger partial charge in [0.1, 0.15) is 11.4 Å². The Morgan fingerprint density at radius 2 is 1.63 bits per heavy atom. The molecule has 0 radical (unpaired) electrons. The van der Waals surface area contributed by atoms with E-state index in [0.29, 0.717) is 33.9 Å². The molecular weight excluding hydrogens is 639 g/mol. The van der Waals surface area contributed by atoms with Crippen molar-refractivity contribution in [3.63, 3.8) is 0 Å². The maximum Gasteiger partial charge on any atom is 0.416 e. The number of rotatable bonds is 11. The lowest BCUT2D eigenvalue weighted by Gasteiger charge is -2.17. The van der Waals surface area contributed by atoms with Gasteiger partial charge >= 0.3 is 6.18 Å². The Hall–Kier alpha value is -4.74. The number of ether oxygens (including phenoxy) is 1. The van der Waals surface area contributed by atoms with E-state index in [2.05, 4.69) is 16.0 Å². The molecule has 3 amide bonds. The Bertz CT molecular complexity index is 1750. The number of para-hydroxylation sites is 1. The lowest BCUT2D eigenvalue weighted by molar-refractivity contribution is -0.137. The molecule has 12 heteroatoms. The first-order valence-electron chi connectivity index (χ1n) is 13.9. The Morgan fingerprint density at radius 1 is 0.913 bits per heavy atom. The molecule has 0 aliphatic rings. The topological polar surface area (TPSA) is 96.5 Å². The standard InChI is InChI=1S/C34H29ClF3N3O4S/c1-3-30(33(44)40-27-19-23(34(36,37)38)16-17-26(27)35)46-25-14-9-13-24(20-25)39-32(43)28(18-22-12-7-8-15-29(22)45-2)41-31(42)21-10-5-4-6-11-21/h4-20,30H,3H2,1-2H3,(H,39,43)(H,40,44)(H,41,42)/b28-18+. The molecule has 4 rings (SSSR count). The molecule has 3 N–H and O–H groups in total. The van der Waals surface area contributed by atoms with Crippen LogP contribution in [0.3, 0.4) is 0 Å². The molecule has 0 aromatic heterocycles. The van der Waals surface area contributed by atoms with E-state index >= 15 is 0 Å². The predicted octanol–water partition coefficient (Wildman–Crippen LogP) is 8.29. The van der Waals surface area contributed by atoms with Crippen LogP contribution in [0.25, 0.3) is 6.08 Å². The first-order valence-corrected chi connectivity index (χ1v) is 15.2. The van der Waals surface area contributed by atoms with Crippen LogP contribution in [0.15, 0.2) is 108 Å². The molecule has 1 unspecified atom stereocenters. The highest BCUT2D eigenvalue weighted by Crippen LogP contribution is 2.35. The lowest BCUT2D eigenvalue weighted by atomic mass is 10.1. The number of thioether (sulfide) groups is 1. The van der Waals surface area contributed by atoms with Gasteiger partial charge in [-0.3, -0.25) is 14.4 Å². The molecule has 7 nitrogen and oxygen atoms in total. The number of hydrogen-bond acceptors (Lipinski definition) is 5. The molecule has 0 aliphatic carbocycles. The molecule has 0 spiro atoms. The largest absolute Gasteiger partial charge is 0.496 e. The van der Waals surface area contributed by atoms with Gasteiger partial charge < -0.3 is 20.7 Å². The van der Waals surface area contributed by atoms with Gasteiger partial charge in [0.2, 0.25) is 5.91 Å². The second kappa shape index (κ2) is 15.5. The van der Waals surface area contributed by atoms with E-state index < -0.39 is 34.7 Å². The summed E-state index contributed by atoms with van der Waals surface area (Å²) in [5.41, 5.74) is 0.176. The van der Waals surface area contributed by atoms with Crippen molar-refractivity contribution in [3.05, 3.63) is 124 Å². The van der Waals surface area contributed by atoms with E-state index in [1.54, 1.807) is 85.8 Å². The minimum absolute atomic E-state index is 0.0257. The molecule has 0 saturated heterocycles. The summed E-state index contributed by atoms with van der Waals surface area (Å²) in [4.78, 5) is 40.2. The third-order valence-corrected chi connectivity index (χ3v) is 8.24. The van der Waals surface area contributed by atoms with E-state index in [9.17, 15) is 27.6 Å². The van der Waals surface area contributed by atoms with Crippen LogP contribution in [0.5, 0.6) is 5.75 Å². The highest BCUT2D eigenvalue weighted by molar-refractivity contribution is 8.00. The van der Waals surface area contributed by atoms with Gasteiger partial charge in [0, 0.05) is 21.7 Å². The Morgan fingerprint density at radius 3 is 2.33 bits per heavy atom. The fourth-order valence-electron chi connectivity index (χ4n) is 4.23. The number of amides is 3. The SMILES string of the molecule is CCC(Sc1cccc(NC(=O)/C(=C\c2ccccc2OC)NC(=O)c2ccccc2)c1)C(=O)Nc1cc(C(F)(F)F)ccc1Cl. The van der Waals surface area contributed by atoms with Gasteiger partial charge in [0.25, 0.3) is 11.8 Å².